The van der Waals surface area contributed by atoms with Gasteiger partial charge in [0.25, 0.3) is 5.91 Å². The van der Waals surface area contributed by atoms with E-state index in [1.807, 2.05) is 6.92 Å². The van der Waals surface area contributed by atoms with Gasteiger partial charge in [0.1, 0.15) is 5.69 Å². The molecule has 1 saturated heterocycles. The first-order valence-electron chi connectivity index (χ1n) is 6.16. The molecule has 1 aromatic heterocycles. The molecule has 0 radical (unpaired) electrons. The molecule has 1 aliphatic rings. The monoisotopic (exact) mass is 278 g/mol. The highest BCUT2D eigenvalue weighted by atomic mass is 35.5. The van der Waals surface area contributed by atoms with Crippen molar-refractivity contribution in [3.05, 3.63) is 29.0 Å². The number of amides is 1. The summed E-state index contributed by atoms with van der Waals surface area (Å²) in [6.45, 7) is 4.55. The molecular weight excluding hydrogens is 264 g/mol. The van der Waals surface area contributed by atoms with Crippen molar-refractivity contribution in [2.24, 2.45) is 0 Å². The zero-order valence-electron chi connectivity index (χ0n) is 10.7. The molecule has 1 aromatic rings. The van der Waals surface area contributed by atoms with Crippen LogP contribution in [-0.4, -0.2) is 52.9 Å². The van der Waals surface area contributed by atoms with E-state index in [0.29, 0.717) is 36.9 Å². The predicted octanol–water partition coefficient (Wildman–Crippen LogP) is 1.40. The summed E-state index contributed by atoms with van der Waals surface area (Å²) in [5.74, 6) is -0.0825. The molecule has 0 bridgehead atoms. The lowest BCUT2D eigenvalue weighted by Crippen LogP contribution is -2.51. The van der Waals surface area contributed by atoms with Gasteiger partial charge in [-0.15, -0.1) is 0 Å². The number of aromatic nitrogens is 1. The molecule has 1 aliphatic heterocycles. The highest BCUT2D eigenvalue weighted by Gasteiger charge is 2.25. The van der Waals surface area contributed by atoms with Gasteiger partial charge in [-0.25, -0.2) is 4.98 Å². The highest BCUT2D eigenvalue weighted by molar-refractivity contribution is 6.30. The summed E-state index contributed by atoms with van der Waals surface area (Å²) < 4.78 is 0. The lowest BCUT2D eigenvalue weighted by Gasteiger charge is -2.35. The van der Waals surface area contributed by atoms with Crippen LogP contribution in [-0.2, 0) is 0 Å². The average Bonchev–Trinajstić information content (AvgIpc) is 2.46. The minimum absolute atomic E-state index is 0.0825. The Balaban J connectivity index is 1.96. The van der Waals surface area contributed by atoms with E-state index >= 15 is 0 Å². The van der Waals surface area contributed by atoms with Crippen LogP contribution in [0.3, 0.4) is 0 Å². The summed E-state index contributed by atoms with van der Waals surface area (Å²) in [6, 6.07) is 5.40. The van der Waals surface area contributed by atoms with Crippen LogP contribution in [0.2, 0.25) is 5.02 Å². The predicted molar refractivity (Wildman–Crippen MR) is 71.8 cm³/mol. The van der Waals surface area contributed by atoms with Crippen LogP contribution in [0.1, 0.15) is 17.4 Å². The van der Waals surface area contributed by atoms with Gasteiger partial charge in [-0.1, -0.05) is 11.6 Å². The summed E-state index contributed by atoms with van der Waals surface area (Å²) in [4.78, 5) is 20.1. The van der Waals surface area contributed by atoms with Crippen LogP contribution in [0.15, 0.2) is 18.3 Å². The van der Waals surface area contributed by atoms with Crippen LogP contribution in [0.4, 0.5) is 0 Å². The lowest BCUT2D eigenvalue weighted by atomic mass is 10.2. The number of hydrogen-bond donors (Lipinski definition) is 0. The fourth-order valence-corrected chi connectivity index (χ4v) is 2.17. The van der Waals surface area contributed by atoms with E-state index in [1.54, 1.807) is 17.0 Å². The molecule has 1 amide bonds. The fraction of sp³-hybridized carbons (Fsp3) is 0.462. The minimum Gasteiger partial charge on any atom is -0.335 e. The van der Waals surface area contributed by atoms with Crippen molar-refractivity contribution >= 4 is 17.5 Å². The standard InChI is InChI=1S/C13H15ClN4O/c1-10(8-15)17-4-6-18(7-5-17)13(19)12-3-2-11(14)9-16-12/h2-3,9-10H,4-7H2,1H3. The zero-order chi connectivity index (χ0) is 13.8. The Hall–Kier alpha value is -1.64. The normalized spacial score (nSPS) is 17.8. The minimum atomic E-state index is -0.106. The van der Waals surface area contributed by atoms with Crippen LogP contribution in [0.5, 0.6) is 0 Å². The lowest BCUT2D eigenvalue weighted by molar-refractivity contribution is 0.0610. The average molecular weight is 279 g/mol. The van der Waals surface area contributed by atoms with E-state index < -0.39 is 0 Å². The zero-order valence-corrected chi connectivity index (χ0v) is 11.5. The smallest absolute Gasteiger partial charge is 0.272 e. The van der Waals surface area contributed by atoms with E-state index in [2.05, 4.69) is 16.0 Å². The third kappa shape index (κ3) is 3.22. The number of piperazine rings is 1. The third-order valence-electron chi connectivity index (χ3n) is 3.28. The molecule has 0 aromatic carbocycles. The molecule has 0 saturated carbocycles. The SMILES string of the molecule is CC(C#N)N1CCN(C(=O)c2ccc(Cl)cn2)CC1. The first-order chi connectivity index (χ1) is 9.11. The molecule has 5 nitrogen and oxygen atoms in total. The molecule has 0 spiro atoms. The molecule has 1 atom stereocenters. The van der Waals surface area contributed by atoms with Crippen molar-refractivity contribution in [1.82, 2.24) is 14.8 Å². The maximum absolute atomic E-state index is 12.2. The van der Waals surface area contributed by atoms with Crippen molar-refractivity contribution < 1.29 is 4.79 Å². The van der Waals surface area contributed by atoms with Crippen LogP contribution >= 0.6 is 11.6 Å². The number of rotatable bonds is 2. The van der Waals surface area contributed by atoms with Gasteiger partial charge in [0, 0.05) is 32.4 Å². The number of nitriles is 1. The highest BCUT2D eigenvalue weighted by Crippen LogP contribution is 2.11. The summed E-state index contributed by atoms with van der Waals surface area (Å²) in [6.07, 6.45) is 1.47. The van der Waals surface area contributed by atoms with Gasteiger partial charge in [-0.2, -0.15) is 5.26 Å². The number of halogens is 1. The van der Waals surface area contributed by atoms with Gasteiger partial charge in [-0.05, 0) is 19.1 Å². The maximum Gasteiger partial charge on any atom is 0.272 e. The van der Waals surface area contributed by atoms with Gasteiger partial charge in [0.2, 0.25) is 0 Å². The molecule has 2 rings (SSSR count). The molecular formula is C13H15ClN4O. The Kier molecular flexibility index (Phi) is 4.35. The number of carbonyl (C=O) groups is 1. The van der Waals surface area contributed by atoms with Crippen LogP contribution in [0, 0.1) is 11.3 Å². The van der Waals surface area contributed by atoms with Crippen LogP contribution in [0.25, 0.3) is 0 Å². The Labute approximate surface area is 117 Å². The summed E-state index contributed by atoms with van der Waals surface area (Å²) in [5, 5.41) is 9.39. The topological polar surface area (TPSA) is 60.2 Å². The van der Waals surface area contributed by atoms with Crippen molar-refractivity contribution in [1.29, 1.82) is 5.26 Å². The summed E-state index contributed by atoms with van der Waals surface area (Å²) in [5.41, 5.74) is 0.409. The van der Waals surface area contributed by atoms with Crippen molar-refractivity contribution in [2.75, 3.05) is 26.2 Å². The van der Waals surface area contributed by atoms with Crippen molar-refractivity contribution in [2.45, 2.75) is 13.0 Å². The first-order valence-corrected chi connectivity index (χ1v) is 6.54. The Morgan fingerprint density at radius 1 is 1.42 bits per heavy atom. The van der Waals surface area contributed by atoms with Crippen LogP contribution < -0.4 is 0 Å². The third-order valence-corrected chi connectivity index (χ3v) is 3.51. The molecule has 0 aliphatic carbocycles. The van der Waals surface area contributed by atoms with E-state index in [-0.39, 0.29) is 11.9 Å². The van der Waals surface area contributed by atoms with Gasteiger partial charge >= 0.3 is 0 Å². The molecule has 0 N–H and O–H groups in total. The second kappa shape index (κ2) is 6.00. The molecule has 6 heteroatoms. The number of nitrogens with zero attached hydrogens (tertiary/aromatic N) is 4. The molecule has 2 heterocycles. The van der Waals surface area contributed by atoms with Gasteiger partial charge in [0.05, 0.1) is 17.1 Å². The second-order valence-corrected chi connectivity index (χ2v) is 4.93. The van der Waals surface area contributed by atoms with Gasteiger partial charge < -0.3 is 4.90 Å². The van der Waals surface area contributed by atoms with E-state index in [9.17, 15) is 4.79 Å². The van der Waals surface area contributed by atoms with Crippen molar-refractivity contribution in [3.63, 3.8) is 0 Å². The van der Waals surface area contributed by atoms with Gasteiger partial charge in [-0.3, -0.25) is 9.69 Å². The number of pyridine rings is 1. The Morgan fingerprint density at radius 3 is 2.63 bits per heavy atom. The molecule has 1 unspecified atom stereocenters. The summed E-state index contributed by atoms with van der Waals surface area (Å²) >= 11 is 5.75. The first kappa shape index (κ1) is 13.8. The van der Waals surface area contributed by atoms with Crippen molar-refractivity contribution in [3.8, 4) is 6.07 Å². The second-order valence-electron chi connectivity index (χ2n) is 4.49. The maximum atomic E-state index is 12.2. The fourth-order valence-electron chi connectivity index (χ4n) is 2.06. The van der Waals surface area contributed by atoms with E-state index in [1.165, 1.54) is 6.20 Å². The molecule has 100 valence electrons. The quantitative estimate of drug-likeness (QED) is 0.821. The number of hydrogen-bond acceptors (Lipinski definition) is 4. The van der Waals surface area contributed by atoms with E-state index in [4.69, 9.17) is 16.9 Å². The molecule has 1 fully saturated rings. The molecule has 19 heavy (non-hydrogen) atoms. The summed E-state index contributed by atoms with van der Waals surface area (Å²) in [7, 11) is 0. The Bertz CT molecular complexity index is 488. The number of carbonyl (C=O) groups excluding carboxylic acids is 1. The van der Waals surface area contributed by atoms with Gasteiger partial charge in [0.15, 0.2) is 0 Å². The van der Waals surface area contributed by atoms with E-state index in [0.717, 1.165) is 0 Å². The largest absolute Gasteiger partial charge is 0.335 e. The Morgan fingerprint density at radius 2 is 2.11 bits per heavy atom.